The van der Waals surface area contributed by atoms with E-state index in [4.69, 9.17) is 9.84 Å². The maximum atomic E-state index is 9.08. The first-order chi connectivity index (χ1) is 8.30. The van der Waals surface area contributed by atoms with E-state index in [1.54, 1.807) is 6.08 Å². The summed E-state index contributed by atoms with van der Waals surface area (Å²) in [5.74, 6) is 0.848. The van der Waals surface area contributed by atoms with Crippen molar-refractivity contribution >= 4 is 0 Å². The molecular weight excluding hydrogens is 214 g/mol. The molecule has 3 heteroatoms. The molecule has 0 unspecified atom stereocenters. The van der Waals surface area contributed by atoms with Crippen molar-refractivity contribution in [2.75, 3.05) is 13.2 Å². The van der Waals surface area contributed by atoms with Gasteiger partial charge in [-0.2, -0.15) is 0 Å². The van der Waals surface area contributed by atoms with E-state index in [-0.39, 0.29) is 12.6 Å². The molecule has 3 nitrogen and oxygen atoms in total. The second kappa shape index (κ2) is 7.87. The van der Waals surface area contributed by atoms with E-state index in [9.17, 15) is 0 Å². The van der Waals surface area contributed by atoms with Crippen molar-refractivity contribution in [1.29, 1.82) is 0 Å². The number of aliphatic hydroxyl groups is 1. The van der Waals surface area contributed by atoms with E-state index in [1.165, 1.54) is 0 Å². The van der Waals surface area contributed by atoms with Crippen LogP contribution in [0, 0.1) is 0 Å². The van der Waals surface area contributed by atoms with Crippen molar-refractivity contribution in [2.45, 2.75) is 25.9 Å². The fraction of sp³-hybridized carbons (Fsp3) is 0.429. The number of benzene rings is 1. The molecule has 0 aliphatic heterocycles. The molecule has 0 aliphatic carbocycles. The first kappa shape index (κ1) is 13.7. The van der Waals surface area contributed by atoms with Crippen LogP contribution >= 0.6 is 0 Å². The number of hydrogen-bond donors (Lipinski definition) is 2. The molecule has 1 aromatic carbocycles. The van der Waals surface area contributed by atoms with Crippen molar-refractivity contribution in [3.05, 3.63) is 42.5 Å². The number of hydrogen-bond acceptors (Lipinski definition) is 3. The number of nitrogens with one attached hydrogen (secondary N) is 1. The van der Waals surface area contributed by atoms with Crippen molar-refractivity contribution in [3.63, 3.8) is 0 Å². The Bertz CT molecular complexity index is 335. The molecular formula is C14H21NO2. The summed E-state index contributed by atoms with van der Waals surface area (Å²) in [6.07, 6.45) is 2.65. The lowest BCUT2D eigenvalue weighted by Gasteiger charge is -2.14. The largest absolute Gasteiger partial charge is 0.490 e. The van der Waals surface area contributed by atoms with E-state index in [2.05, 4.69) is 18.8 Å². The summed E-state index contributed by atoms with van der Waals surface area (Å²) >= 11 is 0. The average molecular weight is 235 g/mol. The van der Waals surface area contributed by atoms with Gasteiger partial charge in [-0.05, 0) is 24.1 Å². The maximum Gasteiger partial charge on any atom is 0.120 e. The molecule has 0 spiro atoms. The predicted molar refractivity (Wildman–Crippen MR) is 70.1 cm³/mol. The summed E-state index contributed by atoms with van der Waals surface area (Å²) in [4.78, 5) is 0. The lowest BCUT2D eigenvalue weighted by Crippen LogP contribution is -2.31. The molecule has 1 aromatic rings. The molecule has 0 saturated carbocycles. The highest BCUT2D eigenvalue weighted by atomic mass is 16.5. The Balaban J connectivity index is 2.50. The number of ether oxygens (including phenoxy) is 1. The topological polar surface area (TPSA) is 41.5 Å². The van der Waals surface area contributed by atoms with Crippen LogP contribution in [0.4, 0.5) is 0 Å². The first-order valence-electron chi connectivity index (χ1n) is 5.97. The lowest BCUT2D eigenvalue weighted by molar-refractivity contribution is 0.238. The van der Waals surface area contributed by atoms with Crippen LogP contribution in [0.15, 0.2) is 36.9 Å². The third kappa shape index (κ3) is 5.02. The molecule has 0 radical (unpaired) electrons. The Morgan fingerprint density at radius 1 is 1.53 bits per heavy atom. The summed E-state index contributed by atoms with van der Waals surface area (Å²) in [6, 6.07) is 8.09. The van der Waals surface area contributed by atoms with Crippen LogP contribution in [-0.2, 0) is 6.54 Å². The van der Waals surface area contributed by atoms with E-state index in [0.717, 1.165) is 24.3 Å². The zero-order chi connectivity index (χ0) is 12.5. The Hall–Kier alpha value is -1.32. The normalized spacial score (nSPS) is 12.1. The van der Waals surface area contributed by atoms with Gasteiger partial charge in [0, 0.05) is 12.6 Å². The summed E-state index contributed by atoms with van der Waals surface area (Å²) in [5, 5.41) is 12.4. The van der Waals surface area contributed by atoms with Gasteiger partial charge >= 0.3 is 0 Å². The van der Waals surface area contributed by atoms with Crippen molar-refractivity contribution < 1.29 is 9.84 Å². The van der Waals surface area contributed by atoms with Gasteiger partial charge in [0.1, 0.15) is 12.4 Å². The lowest BCUT2D eigenvalue weighted by atomic mass is 10.2. The Labute approximate surface area is 103 Å². The fourth-order valence-corrected chi connectivity index (χ4v) is 1.50. The van der Waals surface area contributed by atoms with E-state index in [0.29, 0.717) is 6.61 Å². The van der Waals surface area contributed by atoms with Crippen molar-refractivity contribution in [1.82, 2.24) is 5.32 Å². The molecule has 0 aromatic heterocycles. The van der Waals surface area contributed by atoms with Crippen LogP contribution in [0.2, 0.25) is 0 Å². The first-order valence-corrected chi connectivity index (χ1v) is 5.97. The Morgan fingerprint density at radius 2 is 2.35 bits per heavy atom. The second-order valence-corrected chi connectivity index (χ2v) is 3.92. The quantitative estimate of drug-likeness (QED) is 0.678. The minimum atomic E-state index is 0.160. The summed E-state index contributed by atoms with van der Waals surface area (Å²) in [7, 11) is 0. The van der Waals surface area contributed by atoms with Gasteiger partial charge < -0.3 is 15.2 Å². The van der Waals surface area contributed by atoms with E-state index >= 15 is 0 Å². The molecule has 0 saturated heterocycles. The Kier molecular flexibility index (Phi) is 6.37. The SMILES string of the molecule is C=CCOc1cccc(CN[C@H](CC)CO)c1. The van der Waals surface area contributed by atoms with Gasteiger partial charge in [-0.3, -0.25) is 0 Å². The van der Waals surface area contributed by atoms with Crippen LogP contribution in [0.5, 0.6) is 5.75 Å². The highest BCUT2D eigenvalue weighted by Crippen LogP contribution is 2.13. The van der Waals surface area contributed by atoms with Crippen LogP contribution in [0.1, 0.15) is 18.9 Å². The zero-order valence-electron chi connectivity index (χ0n) is 10.4. The molecule has 1 rings (SSSR count). The van der Waals surface area contributed by atoms with Crippen LogP contribution < -0.4 is 10.1 Å². The van der Waals surface area contributed by atoms with Gasteiger partial charge in [-0.15, -0.1) is 0 Å². The van der Waals surface area contributed by atoms with E-state index in [1.807, 2.05) is 24.3 Å². The molecule has 0 heterocycles. The Morgan fingerprint density at radius 3 is 3.00 bits per heavy atom. The standard InChI is InChI=1S/C14H21NO2/c1-3-8-17-14-7-5-6-12(9-14)10-15-13(4-2)11-16/h3,5-7,9,13,15-16H,1,4,8,10-11H2,2H3/t13-/m1/s1. The molecule has 2 N–H and O–H groups in total. The third-order valence-corrected chi connectivity index (χ3v) is 2.57. The molecule has 0 bridgehead atoms. The molecule has 0 fully saturated rings. The minimum Gasteiger partial charge on any atom is -0.490 e. The molecule has 17 heavy (non-hydrogen) atoms. The molecule has 0 aliphatic rings. The fourth-order valence-electron chi connectivity index (χ4n) is 1.50. The van der Waals surface area contributed by atoms with Gasteiger partial charge in [0.2, 0.25) is 0 Å². The zero-order valence-corrected chi connectivity index (χ0v) is 10.4. The van der Waals surface area contributed by atoms with E-state index < -0.39 is 0 Å². The van der Waals surface area contributed by atoms with Gasteiger partial charge in [0.05, 0.1) is 6.61 Å². The van der Waals surface area contributed by atoms with Gasteiger partial charge in [-0.1, -0.05) is 31.7 Å². The molecule has 0 amide bonds. The smallest absolute Gasteiger partial charge is 0.120 e. The second-order valence-electron chi connectivity index (χ2n) is 3.92. The predicted octanol–water partition coefficient (Wildman–Crippen LogP) is 2.11. The molecule has 1 atom stereocenters. The van der Waals surface area contributed by atoms with Gasteiger partial charge in [0.25, 0.3) is 0 Å². The van der Waals surface area contributed by atoms with Gasteiger partial charge in [-0.25, -0.2) is 0 Å². The van der Waals surface area contributed by atoms with Crippen LogP contribution in [0.25, 0.3) is 0 Å². The van der Waals surface area contributed by atoms with Crippen LogP contribution in [-0.4, -0.2) is 24.4 Å². The summed E-state index contributed by atoms with van der Waals surface area (Å²) in [5.41, 5.74) is 1.15. The number of rotatable bonds is 8. The van der Waals surface area contributed by atoms with Crippen molar-refractivity contribution in [3.8, 4) is 5.75 Å². The maximum absolute atomic E-state index is 9.08. The third-order valence-electron chi connectivity index (χ3n) is 2.57. The minimum absolute atomic E-state index is 0.160. The van der Waals surface area contributed by atoms with Crippen molar-refractivity contribution in [2.24, 2.45) is 0 Å². The highest BCUT2D eigenvalue weighted by Gasteiger charge is 2.03. The number of aliphatic hydroxyl groups excluding tert-OH is 1. The van der Waals surface area contributed by atoms with Crippen LogP contribution in [0.3, 0.4) is 0 Å². The monoisotopic (exact) mass is 235 g/mol. The highest BCUT2D eigenvalue weighted by molar-refractivity contribution is 5.28. The average Bonchev–Trinajstić information content (AvgIpc) is 2.38. The van der Waals surface area contributed by atoms with Gasteiger partial charge in [0.15, 0.2) is 0 Å². The summed E-state index contributed by atoms with van der Waals surface area (Å²) in [6.45, 7) is 7.10. The molecule has 94 valence electrons. The summed E-state index contributed by atoms with van der Waals surface area (Å²) < 4.78 is 5.46.